The van der Waals surface area contributed by atoms with E-state index in [1.54, 1.807) is 11.9 Å². The van der Waals surface area contributed by atoms with Crippen LogP contribution in [0.2, 0.25) is 25.2 Å². The number of hydrogen-bond acceptors (Lipinski definition) is 4. The number of amides is 1. The lowest BCUT2D eigenvalue weighted by molar-refractivity contribution is -0.151. The number of anilines is 1. The van der Waals surface area contributed by atoms with Crippen molar-refractivity contribution in [3.05, 3.63) is 29.8 Å². The van der Waals surface area contributed by atoms with Crippen LogP contribution in [0.3, 0.4) is 0 Å². The Morgan fingerprint density at radius 3 is 2.67 bits per heavy atom. The molecule has 2 aliphatic heterocycles. The maximum Gasteiger partial charge on any atom is 0.308 e. The van der Waals surface area contributed by atoms with Crippen molar-refractivity contribution in [3.8, 4) is 0 Å². The topological polar surface area (TPSA) is 55.8 Å². The van der Waals surface area contributed by atoms with Gasteiger partial charge in [0.25, 0.3) is 5.91 Å². The van der Waals surface area contributed by atoms with E-state index in [1.807, 2.05) is 24.3 Å². The molecule has 5 nitrogen and oxygen atoms in total. The number of carbonyl (C=O) groups is 2. The third-order valence-electron chi connectivity index (χ3n) is 5.37. The second-order valence-corrected chi connectivity index (χ2v) is 13.3. The SMILES string of the molecule is COC(=O)C[C@H]1O[C@@]2(C[C@@H]1[Si](C)(C)C)C(=O)N(C)c1ccccc12. The summed E-state index contributed by atoms with van der Waals surface area (Å²) in [7, 11) is 1.54. The second-order valence-electron chi connectivity index (χ2n) is 7.82. The van der Waals surface area contributed by atoms with Gasteiger partial charge >= 0.3 is 5.97 Å². The van der Waals surface area contributed by atoms with E-state index in [0.29, 0.717) is 6.42 Å². The fourth-order valence-electron chi connectivity index (χ4n) is 4.04. The Morgan fingerprint density at radius 1 is 1.38 bits per heavy atom. The number of nitrogens with zero attached hydrogens (tertiary/aromatic N) is 1. The molecule has 1 amide bonds. The minimum atomic E-state index is -1.64. The van der Waals surface area contributed by atoms with Crippen molar-refractivity contribution in [2.24, 2.45) is 0 Å². The van der Waals surface area contributed by atoms with Gasteiger partial charge in [0.1, 0.15) is 0 Å². The van der Waals surface area contributed by atoms with E-state index < -0.39 is 13.7 Å². The van der Waals surface area contributed by atoms with E-state index in [9.17, 15) is 9.59 Å². The molecule has 0 aliphatic carbocycles. The zero-order valence-corrected chi connectivity index (χ0v) is 16.0. The lowest BCUT2D eigenvalue weighted by Crippen LogP contribution is -2.39. The Kier molecular flexibility index (Phi) is 4.08. The van der Waals surface area contributed by atoms with Gasteiger partial charge in [-0.2, -0.15) is 0 Å². The summed E-state index contributed by atoms with van der Waals surface area (Å²) in [5.74, 6) is -0.313. The number of ether oxygens (including phenoxy) is 2. The van der Waals surface area contributed by atoms with E-state index in [4.69, 9.17) is 9.47 Å². The van der Waals surface area contributed by atoms with Crippen molar-refractivity contribution in [2.45, 2.75) is 49.7 Å². The Balaban J connectivity index is 2.04. The quantitative estimate of drug-likeness (QED) is 0.623. The van der Waals surface area contributed by atoms with E-state index >= 15 is 0 Å². The number of carbonyl (C=O) groups excluding carboxylic acids is 2. The fraction of sp³-hybridized carbons (Fsp3) is 0.556. The molecular weight excluding hydrogens is 322 g/mol. The van der Waals surface area contributed by atoms with Gasteiger partial charge < -0.3 is 14.4 Å². The smallest absolute Gasteiger partial charge is 0.308 e. The van der Waals surface area contributed by atoms with Crippen LogP contribution in [-0.2, 0) is 24.7 Å². The van der Waals surface area contributed by atoms with Crippen LogP contribution in [-0.4, -0.2) is 40.2 Å². The molecule has 0 saturated carbocycles. The largest absolute Gasteiger partial charge is 0.469 e. The molecule has 1 fully saturated rings. The number of benzene rings is 1. The van der Waals surface area contributed by atoms with E-state index in [2.05, 4.69) is 19.6 Å². The van der Waals surface area contributed by atoms with Crippen molar-refractivity contribution in [1.82, 2.24) is 0 Å². The number of fused-ring (bicyclic) bond motifs is 2. The van der Waals surface area contributed by atoms with Crippen LogP contribution in [0.1, 0.15) is 18.4 Å². The number of hydrogen-bond donors (Lipinski definition) is 0. The molecular formula is C18H25NO4Si. The van der Waals surface area contributed by atoms with Gasteiger partial charge in [-0.25, -0.2) is 0 Å². The maximum absolute atomic E-state index is 13.1. The molecule has 0 unspecified atom stereocenters. The van der Waals surface area contributed by atoms with E-state index in [1.165, 1.54) is 7.11 Å². The molecule has 0 N–H and O–H groups in total. The monoisotopic (exact) mass is 347 g/mol. The van der Waals surface area contributed by atoms with Crippen LogP contribution in [0.15, 0.2) is 24.3 Å². The summed E-state index contributed by atoms with van der Waals surface area (Å²) in [4.78, 5) is 26.6. The normalized spacial score (nSPS) is 29.2. The average Bonchev–Trinajstić information content (AvgIpc) is 3.01. The van der Waals surface area contributed by atoms with Gasteiger partial charge in [-0.1, -0.05) is 37.8 Å². The zero-order chi connectivity index (χ0) is 17.7. The molecule has 3 rings (SSSR count). The molecule has 0 bridgehead atoms. The van der Waals surface area contributed by atoms with E-state index in [0.717, 1.165) is 11.3 Å². The van der Waals surface area contributed by atoms with Crippen LogP contribution >= 0.6 is 0 Å². The number of esters is 1. The van der Waals surface area contributed by atoms with Crippen molar-refractivity contribution >= 4 is 25.6 Å². The number of para-hydroxylation sites is 1. The van der Waals surface area contributed by atoms with Gasteiger partial charge in [-0.05, 0) is 18.0 Å². The Hall–Kier alpha value is -1.66. The van der Waals surface area contributed by atoms with Gasteiger partial charge in [-0.3, -0.25) is 9.59 Å². The highest BCUT2D eigenvalue weighted by Gasteiger charge is 2.60. The van der Waals surface area contributed by atoms with Crippen LogP contribution in [0.4, 0.5) is 5.69 Å². The average molecular weight is 347 g/mol. The van der Waals surface area contributed by atoms with Gasteiger partial charge in [0.05, 0.1) is 33.4 Å². The lowest BCUT2D eigenvalue weighted by Gasteiger charge is -2.28. The first-order valence-electron chi connectivity index (χ1n) is 8.33. The first-order valence-corrected chi connectivity index (χ1v) is 11.9. The van der Waals surface area contributed by atoms with E-state index in [-0.39, 0.29) is 29.9 Å². The minimum absolute atomic E-state index is 0.0284. The summed E-state index contributed by atoms with van der Waals surface area (Å²) < 4.78 is 11.2. The predicted molar refractivity (Wildman–Crippen MR) is 94.7 cm³/mol. The van der Waals surface area contributed by atoms with Crippen LogP contribution < -0.4 is 4.90 Å². The molecule has 1 spiro atoms. The highest BCUT2D eigenvalue weighted by molar-refractivity contribution is 6.77. The molecule has 2 aliphatic rings. The summed E-state index contributed by atoms with van der Waals surface area (Å²) in [6.07, 6.45) is 0.573. The number of likely N-dealkylation sites (N-methyl/N-ethyl adjacent to an activating group) is 1. The first-order chi connectivity index (χ1) is 11.2. The first kappa shape index (κ1) is 17.2. The summed E-state index contributed by atoms with van der Waals surface area (Å²) >= 11 is 0. The molecule has 0 aromatic heterocycles. The van der Waals surface area contributed by atoms with Gasteiger partial charge in [0, 0.05) is 12.6 Å². The zero-order valence-electron chi connectivity index (χ0n) is 15.0. The summed E-state index contributed by atoms with van der Waals surface area (Å²) in [5, 5.41) is 0. The van der Waals surface area contributed by atoms with Crippen molar-refractivity contribution < 1.29 is 19.1 Å². The van der Waals surface area contributed by atoms with Crippen LogP contribution in [0.5, 0.6) is 0 Å². The van der Waals surface area contributed by atoms with Crippen LogP contribution in [0, 0.1) is 0 Å². The summed E-state index contributed by atoms with van der Waals surface area (Å²) in [6, 6.07) is 7.78. The Morgan fingerprint density at radius 2 is 2.04 bits per heavy atom. The Bertz CT molecular complexity index is 684. The third-order valence-corrected chi connectivity index (χ3v) is 8.17. The van der Waals surface area contributed by atoms with Gasteiger partial charge in [-0.15, -0.1) is 0 Å². The second kappa shape index (κ2) is 5.70. The molecule has 1 saturated heterocycles. The molecule has 0 radical (unpaired) electrons. The molecule has 2 heterocycles. The minimum Gasteiger partial charge on any atom is -0.469 e. The van der Waals surface area contributed by atoms with Crippen molar-refractivity contribution in [2.75, 3.05) is 19.1 Å². The summed E-state index contributed by atoms with van der Waals surface area (Å²) in [5.41, 5.74) is 1.10. The molecule has 1 aromatic rings. The van der Waals surface area contributed by atoms with Crippen molar-refractivity contribution in [3.63, 3.8) is 0 Å². The standard InChI is InChI=1S/C18H25NO4Si/c1-19-13-9-7-6-8-12(13)18(17(19)21)11-15(24(3,4)5)14(23-18)10-16(20)22-2/h6-9,14-15H,10-11H2,1-5H3/t14-,15+,18-/m1/s1. The maximum atomic E-state index is 13.1. The number of methoxy groups -OCH3 is 1. The molecule has 6 heteroatoms. The van der Waals surface area contributed by atoms with Crippen LogP contribution in [0.25, 0.3) is 0 Å². The molecule has 3 atom stereocenters. The lowest BCUT2D eigenvalue weighted by atomic mass is 9.91. The highest BCUT2D eigenvalue weighted by Crippen LogP contribution is 2.56. The molecule has 130 valence electrons. The molecule has 24 heavy (non-hydrogen) atoms. The molecule has 1 aromatic carbocycles. The Labute approximate surface area is 143 Å². The third kappa shape index (κ3) is 2.48. The summed E-state index contributed by atoms with van der Waals surface area (Å²) in [6.45, 7) is 6.79. The number of rotatable bonds is 3. The van der Waals surface area contributed by atoms with Gasteiger partial charge in [0.2, 0.25) is 0 Å². The van der Waals surface area contributed by atoms with Crippen molar-refractivity contribution in [1.29, 1.82) is 0 Å². The highest BCUT2D eigenvalue weighted by atomic mass is 28.3. The van der Waals surface area contributed by atoms with Gasteiger partial charge in [0.15, 0.2) is 5.60 Å². The predicted octanol–water partition coefficient (Wildman–Crippen LogP) is 2.92. The fourth-order valence-corrected chi connectivity index (χ4v) is 6.24.